The van der Waals surface area contributed by atoms with Gasteiger partial charge in [-0.3, -0.25) is 9.20 Å². The highest BCUT2D eigenvalue weighted by molar-refractivity contribution is 7.15. The van der Waals surface area contributed by atoms with E-state index in [2.05, 4.69) is 10.3 Å². The van der Waals surface area contributed by atoms with Crippen molar-refractivity contribution >= 4 is 50.8 Å². The number of carbonyl (C=O) groups excluding carboxylic acids is 1. The van der Waals surface area contributed by atoms with Gasteiger partial charge in [-0.05, 0) is 29.6 Å². The first-order chi connectivity index (χ1) is 12.2. The first kappa shape index (κ1) is 16.1. The predicted molar refractivity (Wildman–Crippen MR) is 102 cm³/mol. The van der Waals surface area contributed by atoms with Gasteiger partial charge in [0.25, 0.3) is 5.91 Å². The van der Waals surface area contributed by atoms with Crippen LogP contribution in [0.2, 0.25) is 5.02 Å². The topological polar surface area (TPSA) is 55.6 Å². The second-order valence-corrected chi connectivity index (χ2v) is 7.40. The van der Waals surface area contributed by atoms with Gasteiger partial charge in [-0.1, -0.05) is 17.7 Å². The second kappa shape index (κ2) is 6.51. The van der Waals surface area contributed by atoms with Crippen LogP contribution in [-0.2, 0) is 0 Å². The number of hydrogen-bond donors (Lipinski definition) is 1. The van der Waals surface area contributed by atoms with Crippen LogP contribution < -0.4 is 10.1 Å². The number of aromatic nitrogens is 2. The molecule has 0 aliphatic rings. The van der Waals surface area contributed by atoms with E-state index in [0.717, 1.165) is 15.5 Å². The first-order valence-corrected chi connectivity index (χ1v) is 9.45. The van der Waals surface area contributed by atoms with Crippen LogP contribution in [0.25, 0.3) is 15.5 Å². The number of fused-ring (bicyclic) bond motifs is 1. The van der Waals surface area contributed by atoms with E-state index in [4.69, 9.17) is 16.3 Å². The fraction of sp³-hybridized carbons (Fsp3) is 0.0588. The molecular weight excluding hydrogens is 378 g/mol. The lowest BCUT2D eigenvalue weighted by molar-refractivity contribution is 0.102. The number of halogens is 1. The number of thiazole rings is 1. The van der Waals surface area contributed by atoms with Gasteiger partial charge in [0.15, 0.2) is 4.96 Å². The van der Waals surface area contributed by atoms with Crippen molar-refractivity contribution in [1.82, 2.24) is 9.38 Å². The number of amides is 1. The molecule has 0 fully saturated rings. The smallest absolute Gasteiger partial charge is 0.273 e. The SMILES string of the molecule is COc1ccc(Cl)cc1NC(=O)c1csc2nc(-c3cccs3)cn12. The molecule has 1 amide bonds. The molecule has 1 N–H and O–H groups in total. The molecule has 5 nitrogen and oxygen atoms in total. The van der Waals surface area contributed by atoms with E-state index in [-0.39, 0.29) is 5.91 Å². The van der Waals surface area contributed by atoms with Crippen molar-refractivity contribution in [2.45, 2.75) is 0 Å². The maximum absolute atomic E-state index is 12.7. The zero-order valence-electron chi connectivity index (χ0n) is 13.0. The Hall–Kier alpha value is -2.35. The van der Waals surface area contributed by atoms with Gasteiger partial charge in [0, 0.05) is 16.6 Å². The van der Waals surface area contributed by atoms with Gasteiger partial charge in [0.1, 0.15) is 17.1 Å². The zero-order valence-corrected chi connectivity index (χ0v) is 15.4. The van der Waals surface area contributed by atoms with E-state index < -0.39 is 0 Å². The minimum Gasteiger partial charge on any atom is -0.495 e. The Morgan fingerprint density at radius 3 is 2.96 bits per heavy atom. The van der Waals surface area contributed by atoms with E-state index in [1.807, 2.05) is 23.7 Å². The van der Waals surface area contributed by atoms with E-state index >= 15 is 0 Å². The number of nitrogens with zero attached hydrogens (tertiary/aromatic N) is 2. The second-order valence-electron chi connectivity index (χ2n) is 5.18. The predicted octanol–water partition coefficient (Wildman–Crippen LogP) is 5.04. The van der Waals surface area contributed by atoms with Crippen LogP contribution in [0.3, 0.4) is 0 Å². The van der Waals surface area contributed by atoms with Gasteiger partial charge in [0.05, 0.1) is 17.7 Å². The minimum atomic E-state index is -0.248. The lowest BCUT2D eigenvalue weighted by Crippen LogP contribution is -2.14. The number of ether oxygens (including phenoxy) is 1. The molecule has 126 valence electrons. The van der Waals surface area contributed by atoms with Crippen LogP contribution in [-0.4, -0.2) is 22.4 Å². The third-order valence-electron chi connectivity index (χ3n) is 3.63. The van der Waals surface area contributed by atoms with Gasteiger partial charge in [-0.2, -0.15) is 0 Å². The molecule has 1 aromatic carbocycles. The Kier molecular flexibility index (Phi) is 4.20. The summed E-state index contributed by atoms with van der Waals surface area (Å²) in [5, 5.41) is 7.16. The average molecular weight is 390 g/mol. The summed E-state index contributed by atoms with van der Waals surface area (Å²) in [6.45, 7) is 0. The molecule has 4 rings (SSSR count). The summed E-state index contributed by atoms with van der Waals surface area (Å²) in [6, 6.07) is 9.07. The highest BCUT2D eigenvalue weighted by Gasteiger charge is 2.17. The molecule has 0 aliphatic heterocycles. The number of anilines is 1. The number of methoxy groups -OCH3 is 1. The van der Waals surface area contributed by atoms with Crippen molar-refractivity contribution < 1.29 is 9.53 Å². The summed E-state index contributed by atoms with van der Waals surface area (Å²) in [4.78, 5) is 19.1. The lowest BCUT2D eigenvalue weighted by Gasteiger charge is -2.10. The Balaban J connectivity index is 1.68. The maximum atomic E-state index is 12.7. The van der Waals surface area contributed by atoms with Crippen LogP contribution >= 0.6 is 34.3 Å². The van der Waals surface area contributed by atoms with E-state index in [1.165, 1.54) is 11.3 Å². The molecule has 0 spiro atoms. The molecule has 0 atom stereocenters. The molecule has 0 unspecified atom stereocenters. The zero-order chi connectivity index (χ0) is 17.4. The van der Waals surface area contributed by atoms with E-state index in [9.17, 15) is 4.79 Å². The van der Waals surface area contributed by atoms with Crippen LogP contribution in [0.15, 0.2) is 47.3 Å². The normalized spacial score (nSPS) is 11.0. The highest BCUT2D eigenvalue weighted by Crippen LogP contribution is 2.30. The molecule has 3 aromatic heterocycles. The van der Waals surface area contributed by atoms with Gasteiger partial charge in [-0.15, -0.1) is 22.7 Å². The monoisotopic (exact) mass is 389 g/mol. The van der Waals surface area contributed by atoms with Gasteiger partial charge >= 0.3 is 0 Å². The third-order valence-corrected chi connectivity index (χ3v) is 5.59. The average Bonchev–Trinajstić information content (AvgIpc) is 3.31. The summed E-state index contributed by atoms with van der Waals surface area (Å²) in [7, 11) is 1.55. The number of carbonyl (C=O) groups is 1. The van der Waals surface area contributed by atoms with E-state index in [1.54, 1.807) is 46.4 Å². The van der Waals surface area contributed by atoms with Crippen molar-refractivity contribution in [2.24, 2.45) is 0 Å². The van der Waals surface area contributed by atoms with Crippen LogP contribution in [0, 0.1) is 0 Å². The van der Waals surface area contributed by atoms with E-state index in [0.29, 0.717) is 22.2 Å². The Labute approximate surface area is 156 Å². The molecule has 25 heavy (non-hydrogen) atoms. The number of thiophene rings is 1. The first-order valence-electron chi connectivity index (χ1n) is 7.31. The third kappa shape index (κ3) is 3.02. The van der Waals surface area contributed by atoms with Gasteiger partial charge in [0.2, 0.25) is 0 Å². The fourth-order valence-corrected chi connectivity index (χ4v) is 4.16. The molecule has 0 saturated carbocycles. The quantitative estimate of drug-likeness (QED) is 0.532. The van der Waals surface area contributed by atoms with Crippen molar-refractivity contribution in [2.75, 3.05) is 12.4 Å². The van der Waals surface area contributed by atoms with Gasteiger partial charge in [-0.25, -0.2) is 4.98 Å². The van der Waals surface area contributed by atoms with Crippen molar-refractivity contribution in [3.05, 3.63) is 58.0 Å². The van der Waals surface area contributed by atoms with Crippen molar-refractivity contribution in [3.8, 4) is 16.3 Å². The molecule has 0 aliphatic carbocycles. The maximum Gasteiger partial charge on any atom is 0.273 e. The Morgan fingerprint density at radius 2 is 2.20 bits per heavy atom. The number of rotatable bonds is 4. The summed E-state index contributed by atoms with van der Waals surface area (Å²) in [6.07, 6.45) is 1.88. The van der Waals surface area contributed by atoms with Crippen LogP contribution in [0.1, 0.15) is 10.5 Å². The Morgan fingerprint density at radius 1 is 1.32 bits per heavy atom. The Bertz CT molecular complexity index is 1050. The van der Waals surface area contributed by atoms with Gasteiger partial charge < -0.3 is 10.1 Å². The van der Waals surface area contributed by atoms with Crippen molar-refractivity contribution in [1.29, 1.82) is 0 Å². The summed E-state index contributed by atoms with van der Waals surface area (Å²) in [5.41, 5.74) is 1.89. The summed E-state index contributed by atoms with van der Waals surface area (Å²) >= 11 is 9.06. The minimum absolute atomic E-state index is 0.248. The highest BCUT2D eigenvalue weighted by atomic mass is 35.5. The number of benzene rings is 1. The van der Waals surface area contributed by atoms with Crippen molar-refractivity contribution in [3.63, 3.8) is 0 Å². The summed E-state index contributed by atoms with van der Waals surface area (Å²) < 4.78 is 7.07. The molecule has 4 aromatic rings. The molecule has 0 bridgehead atoms. The molecule has 3 heterocycles. The summed E-state index contributed by atoms with van der Waals surface area (Å²) in [5.74, 6) is 0.302. The number of nitrogens with one attached hydrogen (secondary N) is 1. The fourth-order valence-electron chi connectivity index (χ4n) is 2.45. The largest absolute Gasteiger partial charge is 0.495 e. The standard InChI is InChI=1S/C17H12ClN3O2S2/c1-23-14-5-4-10(18)7-11(14)19-16(22)13-9-25-17-20-12(8-21(13)17)15-3-2-6-24-15/h2-9H,1H3,(H,19,22). The number of hydrogen-bond acceptors (Lipinski definition) is 5. The van der Waals surface area contributed by atoms with Crippen LogP contribution in [0.5, 0.6) is 5.75 Å². The molecular formula is C17H12ClN3O2S2. The number of imidazole rings is 1. The van der Waals surface area contributed by atoms with Crippen LogP contribution in [0.4, 0.5) is 5.69 Å². The molecule has 0 saturated heterocycles. The molecule has 0 radical (unpaired) electrons. The molecule has 8 heteroatoms. The lowest BCUT2D eigenvalue weighted by atomic mass is 10.3.